The molecule has 1 aromatic heterocycles. The van der Waals surface area contributed by atoms with Gasteiger partial charge in [-0.15, -0.1) is 0 Å². The van der Waals surface area contributed by atoms with E-state index in [1.807, 2.05) is 6.20 Å². The highest BCUT2D eigenvalue weighted by molar-refractivity contribution is 5.03. The minimum atomic E-state index is 0.411. The van der Waals surface area contributed by atoms with Gasteiger partial charge < -0.3 is 14.5 Å². The largest absolute Gasteiger partial charge is 0.445 e. The zero-order chi connectivity index (χ0) is 13.5. The number of aromatic nitrogens is 1. The van der Waals surface area contributed by atoms with Crippen molar-refractivity contribution in [2.75, 3.05) is 26.3 Å². The van der Waals surface area contributed by atoms with Gasteiger partial charge in [-0.25, -0.2) is 4.98 Å². The third-order valence-electron chi connectivity index (χ3n) is 3.43. The van der Waals surface area contributed by atoms with E-state index < -0.39 is 0 Å². The van der Waals surface area contributed by atoms with Crippen LogP contribution in [0.2, 0.25) is 0 Å². The van der Waals surface area contributed by atoms with Crippen LogP contribution in [-0.2, 0) is 11.2 Å². The van der Waals surface area contributed by atoms with Crippen LogP contribution in [0.25, 0.3) is 0 Å². The Morgan fingerprint density at radius 1 is 1.47 bits per heavy atom. The number of nitrogens with one attached hydrogen (secondary N) is 1. The fourth-order valence-corrected chi connectivity index (χ4v) is 2.35. The first-order valence-electron chi connectivity index (χ1n) is 7.48. The summed E-state index contributed by atoms with van der Waals surface area (Å²) in [5.41, 5.74) is 0. The number of hydrogen-bond donors (Lipinski definition) is 1. The fraction of sp³-hybridized carbons (Fsp3) is 0.800. The SMILES string of the molecule is CC(C)CNCCCc1ncc(C2CCCOC2)o1. The third kappa shape index (κ3) is 4.96. The van der Waals surface area contributed by atoms with E-state index in [4.69, 9.17) is 9.15 Å². The summed E-state index contributed by atoms with van der Waals surface area (Å²) in [5, 5.41) is 3.44. The molecule has 0 aromatic carbocycles. The van der Waals surface area contributed by atoms with Crippen molar-refractivity contribution in [3.8, 4) is 0 Å². The first-order valence-corrected chi connectivity index (χ1v) is 7.48. The molecule has 19 heavy (non-hydrogen) atoms. The predicted octanol–water partition coefficient (Wildman–Crippen LogP) is 2.75. The van der Waals surface area contributed by atoms with Gasteiger partial charge in [0.1, 0.15) is 5.76 Å². The molecule has 0 radical (unpaired) electrons. The molecule has 1 N–H and O–H groups in total. The average Bonchev–Trinajstić information content (AvgIpc) is 2.88. The van der Waals surface area contributed by atoms with Gasteiger partial charge in [0, 0.05) is 18.9 Å². The Morgan fingerprint density at radius 2 is 2.37 bits per heavy atom. The van der Waals surface area contributed by atoms with Crippen molar-refractivity contribution in [3.63, 3.8) is 0 Å². The van der Waals surface area contributed by atoms with Gasteiger partial charge in [0.25, 0.3) is 0 Å². The van der Waals surface area contributed by atoms with Crippen molar-refractivity contribution in [2.24, 2.45) is 5.92 Å². The molecule has 4 nitrogen and oxygen atoms in total. The number of rotatable bonds is 7. The summed E-state index contributed by atoms with van der Waals surface area (Å²) < 4.78 is 11.3. The van der Waals surface area contributed by atoms with E-state index in [9.17, 15) is 0 Å². The molecule has 1 saturated heterocycles. The highest BCUT2D eigenvalue weighted by Gasteiger charge is 2.19. The van der Waals surface area contributed by atoms with Gasteiger partial charge in [-0.2, -0.15) is 0 Å². The summed E-state index contributed by atoms with van der Waals surface area (Å²) in [4.78, 5) is 4.37. The molecule has 108 valence electrons. The Hall–Kier alpha value is -0.870. The lowest BCUT2D eigenvalue weighted by molar-refractivity contribution is 0.0738. The lowest BCUT2D eigenvalue weighted by Gasteiger charge is -2.19. The number of ether oxygens (including phenoxy) is 1. The fourth-order valence-electron chi connectivity index (χ4n) is 2.35. The number of nitrogens with zero attached hydrogens (tertiary/aromatic N) is 1. The van der Waals surface area contributed by atoms with Crippen LogP contribution in [0.3, 0.4) is 0 Å². The van der Waals surface area contributed by atoms with Gasteiger partial charge in [-0.3, -0.25) is 0 Å². The van der Waals surface area contributed by atoms with Gasteiger partial charge in [0.15, 0.2) is 5.89 Å². The van der Waals surface area contributed by atoms with Crippen molar-refractivity contribution in [1.82, 2.24) is 10.3 Å². The second-order valence-electron chi connectivity index (χ2n) is 5.77. The predicted molar refractivity (Wildman–Crippen MR) is 75.3 cm³/mol. The molecular formula is C15H26N2O2. The van der Waals surface area contributed by atoms with Crippen molar-refractivity contribution in [1.29, 1.82) is 0 Å². The minimum Gasteiger partial charge on any atom is -0.445 e. The van der Waals surface area contributed by atoms with Gasteiger partial charge >= 0.3 is 0 Å². The summed E-state index contributed by atoms with van der Waals surface area (Å²) in [5.74, 6) is 2.99. The first kappa shape index (κ1) is 14.5. The lowest BCUT2D eigenvalue weighted by Crippen LogP contribution is -2.21. The maximum atomic E-state index is 5.83. The number of hydrogen-bond acceptors (Lipinski definition) is 4. The van der Waals surface area contributed by atoms with Crippen molar-refractivity contribution >= 4 is 0 Å². The van der Waals surface area contributed by atoms with E-state index in [1.54, 1.807) is 0 Å². The summed E-state index contributed by atoms with van der Waals surface area (Å²) in [6.45, 7) is 8.22. The smallest absolute Gasteiger partial charge is 0.194 e. The topological polar surface area (TPSA) is 47.3 Å². The second-order valence-corrected chi connectivity index (χ2v) is 5.77. The summed E-state index contributed by atoms with van der Waals surface area (Å²) in [6, 6.07) is 0. The van der Waals surface area contributed by atoms with Crippen LogP contribution in [0.1, 0.15) is 50.7 Å². The molecular weight excluding hydrogens is 240 g/mol. The van der Waals surface area contributed by atoms with E-state index in [-0.39, 0.29) is 0 Å². The Balaban J connectivity index is 1.68. The van der Waals surface area contributed by atoms with Crippen molar-refractivity contribution < 1.29 is 9.15 Å². The molecule has 0 amide bonds. The summed E-state index contributed by atoms with van der Waals surface area (Å²) in [7, 11) is 0. The molecule has 4 heteroatoms. The normalized spacial score (nSPS) is 20.1. The number of aryl methyl sites for hydroxylation is 1. The molecule has 0 aliphatic carbocycles. The van der Waals surface area contributed by atoms with Gasteiger partial charge in [-0.05, 0) is 38.3 Å². The van der Waals surface area contributed by atoms with E-state index in [0.717, 1.165) is 63.6 Å². The standard InChI is InChI=1S/C15H26N2O2/c1-12(2)9-16-7-3-6-15-17-10-14(19-15)13-5-4-8-18-11-13/h10,12-13,16H,3-9,11H2,1-2H3. The van der Waals surface area contributed by atoms with Crippen LogP contribution in [-0.4, -0.2) is 31.3 Å². The monoisotopic (exact) mass is 266 g/mol. The van der Waals surface area contributed by atoms with E-state index in [1.165, 1.54) is 0 Å². The quantitative estimate of drug-likeness (QED) is 0.771. The zero-order valence-electron chi connectivity index (χ0n) is 12.2. The molecule has 0 spiro atoms. The van der Waals surface area contributed by atoms with Gasteiger partial charge in [0.2, 0.25) is 0 Å². The van der Waals surface area contributed by atoms with Crippen LogP contribution < -0.4 is 5.32 Å². The van der Waals surface area contributed by atoms with Gasteiger partial charge in [-0.1, -0.05) is 13.8 Å². The molecule has 2 heterocycles. The minimum absolute atomic E-state index is 0.411. The van der Waals surface area contributed by atoms with Crippen LogP contribution >= 0.6 is 0 Å². The lowest BCUT2D eigenvalue weighted by atomic mass is 10.0. The van der Waals surface area contributed by atoms with E-state index >= 15 is 0 Å². The Morgan fingerprint density at radius 3 is 3.11 bits per heavy atom. The third-order valence-corrected chi connectivity index (χ3v) is 3.43. The summed E-state index contributed by atoms with van der Waals surface area (Å²) in [6.07, 6.45) is 6.16. The molecule has 1 aromatic rings. The maximum Gasteiger partial charge on any atom is 0.194 e. The highest BCUT2D eigenvalue weighted by Crippen LogP contribution is 2.25. The molecule has 0 bridgehead atoms. The van der Waals surface area contributed by atoms with Gasteiger partial charge in [0.05, 0.1) is 12.8 Å². The Labute approximate surface area is 115 Å². The highest BCUT2D eigenvalue weighted by atomic mass is 16.5. The molecule has 2 rings (SSSR count). The molecule has 1 fully saturated rings. The van der Waals surface area contributed by atoms with E-state index in [2.05, 4.69) is 24.1 Å². The molecule has 1 aliphatic heterocycles. The first-order chi connectivity index (χ1) is 9.25. The Bertz CT molecular complexity index is 357. The maximum absolute atomic E-state index is 5.83. The molecule has 1 atom stereocenters. The molecule has 1 aliphatic rings. The molecule has 0 saturated carbocycles. The van der Waals surface area contributed by atoms with Crippen LogP contribution in [0, 0.1) is 5.92 Å². The summed E-state index contributed by atoms with van der Waals surface area (Å²) >= 11 is 0. The van der Waals surface area contributed by atoms with Crippen molar-refractivity contribution in [3.05, 3.63) is 17.8 Å². The van der Waals surface area contributed by atoms with Crippen LogP contribution in [0.15, 0.2) is 10.6 Å². The Kier molecular flexibility index (Phi) is 5.86. The van der Waals surface area contributed by atoms with E-state index in [0.29, 0.717) is 11.8 Å². The molecule has 1 unspecified atom stereocenters. The van der Waals surface area contributed by atoms with Crippen molar-refractivity contribution in [2.45, 2.75) is 45.4 Å². The average molecular weight is 266 g/mol. The van der Waals surface area contributed by atoms with Crippen LogP contribution in [0.5, 0.6) is 0 Å². The van der Waals surface area contributed by atoms with Crippen LogP contribution in [0.4, 0.5) is 0 Å². The number of oxazole rings is 1. The zero-order valence-corrected chi connectivity index (χ0v) is 12.2. The second kappa shape index (κ2) is 7.65.